The number of nitrogens with zero attached hydrogens (tertiary/aromatic N) is 1. The molecule has 0 radical (unpaired) electrons. The molecule has 1 aromatic carbocycles. The average Bonchev–Trinajstić information content (AvgIpc) is 2.84. The number of halogens is 1. The molecule has 0 bridgehead atoms. The molecule has 0 spiro atoms. The Kier molecular flexibility index (Phi) is 3.77. The number of nitrogens with two attached hydrogens (primary N) is 1. The Balaban J connectivity index is 1.81. The Bertz CT molecular complexity index is 816. The predicted octanol–water partition coefficient (Wildman–Crippen LogP) is 3.46. The summed E-state index contributed by atoms with van der Waals surface area (Å²) < 4.78 is 0. The Labute approximate surface area is 130 Å². The molecule has 21 heavy (non-hydrogen) atoms. The van der Waals surface area contributed by atoms with Gasteiger partial charge >= 0.3 is 0 Å². The van der Waals surface area contributed by atoms with Crippen molar-refractivity contribution in [3.63, 3.8) is 0 Å². The van der Waals surface area contributed by atoms with E-state index in [-0.39, 0.29) is 5.91 Å². The summed E-state index contributed by atoms with van der Waals surface area (Å²) in [6.45, 7) is 0.361. The number of anilines is 1. The Morgan fingerprint density at radius 1 is 1.29 bits per heavy atom. The van der Waals surface area contributed by atoms with Crippen molar-refractivity contribution < 1.29 is 4.79 Å². The number of fused-ring (bicyclic) bond motifs is 1. The molecule has 3 aromatic rings. The van der Waals surface area contributed by atoms with Crippen LogP contribution in [0.25, 0.3) is 10.2 Å². The smallest absolute Gasteiger partial charge is 0.263 e. The fourth-order valence-corrected chi connectivity index (χ4v) is 3.20. The van der Waals surface area contributed by atoms with E-state index in [4.69, 9.17) is 17.3 Å². The number of hydrogen-bond acceptors (Lipinski definition) is 4. The van der Waals surface area contributed by atoms with Crippen LogP contribution in [0.3, 0.4) is 0 Å². The highest BCUT2D eigenvalue weighted by Gasteiger charge is 2.16. The highest BCUT2D eigenvalue weighted by Crippen LogP contribution is 2.31. The third-order valence-electron chi connectivity index (χ3n) is 3.11. The van der Waals surface area contributed by atoms with Gasteiger partial charge in [0.1, 0.15) is 9.71 Å². The minimum Gasteiger partial charge on any atom is -0.397 e. The Morgan fingerprint density at radius 2 is 2.10 bits per heavy atom. The normalized spacial score (nSPS) is 10.7. The average molecular weight is 318 g/mol. The van der Waals surface area contributed by atoms with Gasteiger partial charge in [-0.2, -0.15) is 0 Å². The number of hydrogen-bond donors (Lipinski definition) is 2. The molecule has 0 unspecified atom stereocenters. The number of pyridine rings is 1. The molecule has 2 aromatic heterocycles. The lowest BCUT2D eigenvalue weighted by molar-refractivity contribution is 0.0956. The number of carbonyl (C=O) groups is 1. The van der Waals surface area contributed by atoms with E-state index in [1.54, 1.807) is 18.3 Å². The molecular weight excluding hydrogens is 306 g/mol. The second-order valence-corrected chi connectivity index (χ2v) is 5.88. The number of amides is 1. The highest BCUT2D eigenvalue weighted by molar-refractivity contribution is 7.21. The van der Waals surface area contributed by atoms with Crippen LogP contribution in [0, 0.1) is 0 Å². The van der Waals surface area contributed by atoms with Crippen LogP contribution < -0.4 is 11.1 Å². The molecule has 0 saturated carbocycles. The molecule has 106 valence electrons. The lowest BCUT2D eigenvalue weighted by Crippen LogP contribution is -2.22. The topological polar surface area (TPSA) is 68.0 Å². The van der Waals surface area contributed by atoms with Gasteiger partial charge in [-0.1, -0.05) is 29.8 Å². The van der Waals surface area contributed by atoms with Crippen molar-refractivity contribution in [2.45, 2.75) is 6.54 Å². The summed E-state index contributed by atoms with van der Waals surface area (Å²) in [4.78, 5) is 17.7. The van der Waals surface area contributed by atoms with E-state index >= 15 is 0 Å². The van der Waals surface area contributed by atoms with Gasteiger partial charge in [0.05, 0.1) is 5.69 Å². The van der Waals surface area contributed by atoms with Gasteiger partial charge in [-0.3, -0.25) is 4.79 Å². The molecule has 0 saturated heterocycles. The maximum absolute atomic E-state index is 12.3. The minimum absolute atomic E-state index is 0.213. The maximum Gasteiger partial charge on any atom is 0.263 e. The van der Waals surface area contributed by atoms with Crippen molar-refractivity contribution >= 4 is 44.7 Å². The van der Waals surface area contributed by atoms with Gasteiger partial charge in [0.15, 0.2) is 0 Å². The SMILES string of the molecule is Nc1c(C(=O)NCc2ccccc2Cl)sc2ncccc12. The molecule has 0 aliphatic rings. The summed E-state index contributed by atoms with van der Waals surface area (Å²) in [5.74, 6) is -0.213. The molecular formula is C15H12ClN3OS. The van der Waals surface area contributed by atoms with Crippen molar-refractivity contribution in [2.75, 3.05) is 5.73 Å². The molecule has 3 rings (SSSR count). The number of benzene rings is 1. The van der Waals surface area contributed by atoms with Gasteiger partial charge < -0.3 is 11.1 Å². The quantitative estimate of drug-likeness (QED) is 0.777. The van der Waals surface area contributed by atoms with E-state index in [0.29, 0.717) is 22.1 Å². The molecule has 0 atom stereocenters. The van der Waals surface area contributed by atoms with Crippen molar-refractivity contribution in [2.24, 2.45) is 0 Å². The van der Waals surface area contributed by atoms with E-state index < -0.39 is 0 Å². The largest absolute Gasteiger partial charge is 0.397 e. The van der Waals surface area contributed by atoms with Crippen LogP contribution in [-0.4, -0.2) is 10.9 Å². The summed E-state index contributed by atoms with van der Waals surface area (Å²) >= 11 is 7.36. The fourth-order valence-electron chi connectivity index (χ4n) is 2.02. The molecule has 1 amide bonds. The van der Waals surface area contributed by atoms with Crippen LogP contribution in [0.15, 0.2) is 42.6 Å². The number of nitrogen functional groups attached to an aromatic ring is 1. The van der Waals surface area contributed by atoms with Crippen molar-refractivity contribution in [3.05, 3.63) is 58.1 Å². The summed E-state index contributed by atoms with van der Waals surface area (Å²) in [6.07, 6.45) is 1.68. The lowest BCUT2D eigenvalue weighted by Gasteiger charge is -2.06. The summed E-state index contributed by atoms with van der Waals surface area (Å²) in [5.41, 5.74) is 7.36. The molecule has 6 heteroatoms. The number of thiophene rings is 1. The van der Waals surface area contributed by atoms with E-state index in [1.807, 2.05) is 24.3 Å². The van der Waals surface area contributed by atoms with Gasteiger partial charge in [0.2, 0.25) is 0 Å². The molecule has 0 fully saturated rings. The summed E-state index contributed by atoms with van der Waals surface area (Å²) in [5, 5.41) is 4.28. The summed E-state index contributed by atoms with van der Waals surface area (Å²) in [6, 6.07) is 11.1. The lowest BCUT2D eigenvalue weighted by atomic mass is 10.2. The number of rotatable bonds is 3. The van der Waals surface area contributed by atoms with E-state index in [0.717, 1.165) is 15.8 Å². The van der Waals surface area contributed by atoms with Gasteiger partial charge in [0, 0.05) is 23.2 Å². The van der Waals surface area contributed by atoms with Crippen LogP contribution >= 0.6 is 22.9 Å². The fraction of sp³-hybridized carbons (Fsp3) is 0.0667. The predicted molar refractivity (Wildman–Crippen MR) is 86.7 cm³/mol. The molecule has 4 nitrogen and oxygen atoms in total. The third-order valence-corrected chi connectivity index (χ3v) is 4.60. The Morgan fingerprint density at radius 3 is 2.86 bits per heavy atom. The third kappa shape index (κ3) is 2.70. The van der Waals surface area contributed by atoms with Gasteiger partial charge in [-0.15, -0.1) is 11.3 Å². The standard InChI is InChI=1S/C15H12ClN3OS/c16-11-6-2-1-4-9(11)8-19-14(20)13-12(17)10-5-3-7-18-15(10)21-13/h1-7H,8,17H2,(H,19,20). The van der Waals surface area contributed by atoms with Gasteiger partial charge in [-0.05, 0) is 23.8 Å². The van der Waals surface area contributed by atoms with E-state index in [9.17, 15) is 4.79 Å². The number of nitrogens with one attached hydrogen (secondary N) is 1. The zero-order valence-electron chi connectivity index (χ0n) is 11.0. The molecule has 3 N–H and O–H groups in total. The summed E-state index contributed by atoms with van der Waals surface area (Å²) in [7, 11) is 0. The molecule has 2 heterocycles. The van der Waals surface area contributed by atoms with Crippen LogP contribution in [-0.2, 0) is 6.54 Å². The first-order valence-corrected chi connectivity index (χ1v) is 7.51. The van der Waals surface area contributed by atoms with Gasteiger partial charge in [-0.25, -0.2) is 4.98 Å². The van der Waals surface area contributed by atoms with Crippen molar-refractivity contribution in [1.29, 1.82) is 0 Å². The van der Waals surface area contributed by atoms with Crippen LogP contribution in [0.4, 0.5) is 5.69 Å². The number of aromatic nitrogens is 1. The van der Waals surface area contributed by atoms with Crippen LogP contribution in [0.1, 0.15) is 15.2 Å². The maximum atomic E-state index is 12.3. The first-order chi connectivity index (χ1) is 10.2. The highest BCUT2D eigenvalue weighted by atomic mass is 35.5. The van der Waals surface area contributed by atoms with Gasteiger partial charge in [0.25, 0.3) is 5.91 Å². The minimum atomic E-state index is -0.213. The first kappa shape index (κ1) is 13.9. The van der Waals surface area contributed by atoms with E-state index in [2.05, 4.69) is 10.3 Å². The monoisotopic (exact) mass is 317 g/mol. The first-order valence-electron chi connectivity index (χ1n) is 6.31. The van der Waals surface area contributed by atoms with Crippen molar-refractivity contribution in [3.8, 4) is 0 Å². The van der Waals surface area contributed by atoms with Crippen LogP contribution in [0.2, 0.25) is 5.02 Å². The second-order valence-electron chi connectivity index (χ2n) is 4.48. The molecule has 0 aliphatic heterocycles. The Hall–Kier alpha value is -2.11. The second kappa shape index (κ2) is 5.71. The van der Waals surface area contributed by atoms with E-state index in [1.165, 1.54) is 11.3 Å². The van der Waals surface area contributed by atoms with Crippen molar-refractivity contribution in [1.82, 2.24) is 10.3 Å². The number of carbonyl (C=O) groups excluding carboxylic acids is 1. The zero-order chi connectivity index (χ0) is 14.8. The molecule has 0 aliphatic carbocycles. The zero-order valence-corrected chi connectivity index (χ0v) is 12.5. The van der Waals surface area contributed by atoms with Crippen LogP contribution in [0.5, 0.6) is 0 Å².